The van der Waals surface area contributed by atoms with Gasteiger partial charge in [-0.25, -0.2) is 4.90 Å². The number of rotatable bonds is 3. The number of allylic oxidation sites excluding steroid dienone is 2. The molecule has 5 rings (SSSR count). The van der Waals surface area contributed by atoms with Crippen molar-refractivity contribution in [2.45, 2.75) is 11.8 Å². The zero-order chi connectivity index (χ0) is 20.7. The first kappa shape index (κ1) is 18.4. The van der Waals surface area contributed by atoms with Gasteiger partial charge in [-0.2, -0.15) is 0 Å². The molecular weight excluding hydrogens is 374 g/mol. The fraction of sp³-hybridized carbons (Fsp3) is 0.154. The molecule has 30 heavy (non-hydrogen) atoms. The molecule has 3 aromatic carbocycles. The molecule has 3 aromatic rings. The van der Waals surface area contributed by atoms with Gasteiger partial charge in [-0.3, -0.25) is 9.59 Å². The normalized spacial score (nSPS) is 25.4. The third-order valence-electron chi connectivity index (χ3n) is 6.19. The topological polar surface area (TPSA) is 57.6 Å². The molecule has 1 fully saturated rings. The lowest BCUT2D eigenvalue weighted by Gasteiger charge is -2.32. The highest BCUT2D eigenvalue weighted by atomic mass is 16.3. The van der Waals surface area contributed by atoms with E-state index in [4.69, 9.17) is 0 Å². The molecule has 1 aliphatic heterocycles. The summed E-state index contributed by atoms with van der Waals surface area (Å²) in [6.45, 7) is 0. The molecular formula is C26H21NO3. The highest BCUT2D eigenvalue weighted by Crippen LogP contribution is 2.50. The van der Waals surface area contributed by atoms with Crippen molar-refractivity contribution in [2.75, 3.05) is 4.90 Å². The van der Waals surface area contributed by atoms with Crippen molar-refractivity contribution < 1.29 is 14.7 Å². The summed E-state index contributed by atoms with van der Waals surface area (Å²) in [7, 11) is 0. The maximum absolute atomic E-state index is 13.6. The average Bonchev–Trinajstić information content (AvgIpc) is 3.06. The minimum absolute atomic E-state index is 0.0710. The van der Waals surface area contributed by atoms with Gasteiger partial charge in [0.25, 0.3) is 0 Å². The zero-order valence-corrected chi connectivity index (χ0v) is 16.3. The van der Waals surface area contributed by atoms with Crippen LogP contribution in [-0.4, -0.2) is 16.9 Å². The summed E-state index contributed by atoms with van der Waals surface area (Å²) in [6, 6.07) is 26.2. The van der Waals surface area contributed by atoms with E-state index in [9.17, 15) is 14.7 Å². The first-order chi connectivity index (χ1) is 14.7. The van der Waals surface area contributed by atoms with Crippen molar-refractivity contribution in [1.82, 2.24) is 0 Å². The Balaban J connectivity index is 1.65. The molecule has 1 heterocycles. The zero-order valence-electron chi connectivity index (χ0n) is 16.3. The molecule has 4 nitrogen and oxygen atoms in total. The van der Waals surface area contributed by atoms with Crippen molar-refractivity contribution in [2.24, 2.45) is 11.8 Å². The van der Waals surface area contributed by atoms with E-state index >= 15 is 0 Å². The molecule has 1 N–H and O–H groups in total. The van der Waals surface area contributed by atoms with Gasteiger partial charge in [-0.1, -0.05) is 84.9 Å². The second kappa shape index (κ2) is 7.30. The minimum atomic E-state index is -0.519. The van der Waals surface area contributed by atoms with E-state index in [-0.39, 0.29) is 35.1 Å². The Morgan fingerprint density at radius 3 is 1.50 bits per heavy atom. The van der Waals surface area contributed by atoms with Gasteiger partial charge in [0.15, 0.2) is 0 Å². The standard InChI is InChI=1S/C26H21NO3/c28-22-14-8-7-13-21(22)27-25(29)23-19(17-9-3-1-4-10-17)15-16-20(24(23)26(27)30)18-11-5-2-6-12-18/h1-16,19-20,23-24,28H/t19-,20+,23-,24+. The maximum Gasteiger partial charge on any atom is 0.238 e. The van der Waals surface area contributed by atoms with Crippen LogP contribution in [0.25, 0.3) is 0 Å². The van der Waals surface area contributed by atoms with E-state index in [1.807, 2.05) is 60.7 Å². The predicted octanol–water partition coefficient (Wildman–Crippen LogP) is 4.64. The summed E-state index contributed by atoms with van der Waals surface area (Å²) in [5.74, 6) is -2.01. The van der Waals surface area contributed by atoms with Crippen molar-refractivity contribution >= 4 is 17.5 Å². The number of fused-ring (bicyclic) bond motifs is 1. The Kier molecular flexibility index (Phi) is 4.47. The Labute approximate surface area is 175 Å². The molecule has 2 amide bonds. The molecule has 0 spiro atoms. The Morgan fingerprint density at radius 1 is 0.600 bits per heavy atom. The molecule has 0 aromatic heterocycles. The largest absolute Gasteiger partial charge is 0.506 e. The lowest BCUT2D eigenvalue weighted by Crippen LogP contribution is -2.31. The lowest BCUT2D eigenvalue weighted by molar-refractivity contribution is -0.122. The number of imide groups is 1. The van der Waals surface area contributed by atoms with Crippen LogP contribution in [0.1, 0.15) is 23.0 Å². The molecule has 0 saturated carbocycles. The number of aromatic hydroxyl groups is 1. The van der Waals surface area contributed by atoms with Gasteiger partial charge in [-0.05, 0) is 23.3 Å². The summed E-state index contributed by atoms with van der Waals surface area (Å²) in [5, 5.41) is 10.3. The van der Waals surface area contributed by atoms with E-state index < -0.39 is 11.8 Å². The molecule has 1 saturated heterocycles. The smallest absolute Gasteiger partial charge is 0.238 e. The number of anilines is 1. The number of hydrogen-bond donors (Lipinski definition) is 1. The van der Waals surface area contributed by atoms with E-state index in [1.54, 1.807) is 18.2 Å². The van der Waals surface area contributed by atoms with Crippen LogP contribution in [0, 0.1) is 11.8 Å². The average molecular weight is 395 g/mol. The summed E-state index contributed by atoms with van der Waals surface area (Å²) in [5.41, 5.74) is 2.27. The number of carbonyl (C=O) groups excluding carboxylic acids is 2. The SMILES string of the molecule is O=C1[C@@H]2[C@H](C(=O)N1c1ccccc1O)[C@@H](c1ccccc1)C=C[C@H]2c1ccccc1. The van der Waals surface area contributed by atoms with Gasteiger partial charge >= 0.3 is 0 Å². The monoisotopic (exact) mass is 395 g/mol. The molecule has 4 heteroatoms. The molecule has 0 radical (unpaired) electrons. The maximum atomic E-state index is 13.6. The third-order valence-corrected chi connectivity index (χ3v) is 6.19. The summed E-state index contributed by atoms with van der Waals surface area (Å²) < 4.78 is 0. The first-order valence-electron chi connectivity index (χ1n) is 10.1. The van der Waals surface area contributed by atoms with Crippen LogP contribution in [-0.2, 0) is 9.59 Å². The van der Waals surface area contributed by atoms with Gasteiger partial charge in [0.05, 0.1) is 17.5 Å². The quantitative estimate of drug-likeness (QED) is 0.519. The van der Waals surface area contributed by atoms with Crippen LogP contribution in [0.5, 0.6) is 5.75 Å². The second-order valence-corrected chi connectivity index (χ2v) is 7.81. The van der Waals surface area contributed by atoms with E-state index in [0.717, 1.165) is 11.1 Å². The van der Waals surface area contributed by atoms with E-state index in [2.05, 4.69) is 12.2 Å². The molecule has 148 valence electrons. The Hall–Kier alpha value is -3.66. The van der Waals surface area contributed by atoms with Crippen LogP contribution in [0.4, 0.5) is 5.69 Å². The molecule has 0 bridgehead atoms. The number of carbonyl (C=O) groups is 2. The van der Waals surface area contributed by atoms with Crippen molar-refractivity contribution in [1.29, 1.82) is 0 Å². The van der Waals surface area contributed by atoms with Crippen molar-refractivity contribution in [3.63, 3.8) is 0 Å². The van der Waals surface area contributed by atoms with Crippen LogP contribution in [0.3, 0.4) is 0 Å². The molecule has 0 unspecified atom stereocenters. The predicted molar refractivity (Wildman–Crippen MR) is 115 cm³/mol. The number of benzene rings is 3. The fourth-order valence-electron chi connectivity index (χ4n) is 4.82. The molecule has 1 aliphatic carbocycles. The van der Waals surface area contributed by atoms with Gasteiger partial charge < -0.3 is 5.11 Å². The first-order valence-corrected chi connectivity index (χ1v) is 10.1. The number of hydrogen-bond acceptors (Lipinski definition) is 3. The van der Waals surface area contributed by atoms with Crippen LogP contribution in [0.15, 0.2) is 97.1 Å². The Morgan fingerprint density at radius 2 is 1.03 bits per heavy atom. The van der Waals surface area contributed by atoms with Crippen LogP contribution >= 0.6 is 0 Å². The van der Waals surface area contributed by atoms with Gasteiger partial charge in [0.1, 0.15) is 5.75 Å². The number of para-hydroxylation sites is 2. The van der Waals surface area contributed by atoms with Crippen molar-refractivity contribution in [3.05, 3.63) is 108 Å². The number of nitrogens with zero attached hydrogens (tertiary/aromatic N) is 1. The number of phenols is 1. The van der Waals surface area contributed by atoms with Gasteiger partial charge in [-0.15, -0.1) is 0 Å². The summed E-state index contributed by atoms with van der Waals surface area (Å²) in [6.07, 6.45) is 4.13. The summed E-state index contributed by atoms with van der Waals surface area (Å²) in [4.78, 5) is 28.4. The third kappa shape index (κ3) is 2.84. The van der Waals surface area contributed by atoms with E-state index in [0.29, 0.717) is 0 Å². The summed E-state index contributed by atoms with van der Waals surface area (Å²) >= 11 is 0. The van der Waals surface area contributed by atoms with Crippen molar-refractivity contribution in [3.8, 4) is 5.75 Å². The van der Waals surface area contributed by atoms with Gasteiger partial charge in [0.2, 0.25) is 11.8 Å². The minimum Gasteiger partial charge on any atom is -0.506 e. The molecule has 4 atom stereocenters. The highest BCUT2D eigenvalue weighted by Gasteiger charge is 2.55. The lowest BCUT2D eigenvalue weighted by atomic mass is 9.68. The Bertz CT molecular complexity index is 1060. The number of amides is 2. The van der Waals surface area contributed by atoms with Gasteiger partial charge in [0, 0.05) is 11.8 Å². The highest BCUT2D eigenvalue weighted by molar-refractivity contribution is 6.23. The number of phenolic OH excluding ortho intramolecular Hbond substituents is 1. The van der Waals surface area contributed by atoms with Crippen LogP contribution in [0.2, 0.25) is 0 Å². The second-order valence-electron chi connectivity index (χ2n) is 7.81. The van der Waals surface area contributed by atoms with Crippen LogP contribution < -0.4 is 4.90 Å². The fourth-order valence-corrected chi connectivity index (χ4v) is 4.82. The van der Waals surface area contributed by atoms with E-state index in [1.165, 1.54) is 11.0 Å². The molecule has 2 aliphatic rings.